The van der Waals surface area contributed by atoms with Crippen molar-refractivity contribution in [1.29, 1.82) is 0 Å². The molecule has 1 rings (SSSR count). The first-order valence-corrected chi connectivity index (χ1v) is 6.16. The molecule has 2 nitrogen and oxygen atoms in total. The molecule has 0 bridgehead atoms. The van der Waals surface area contributed by atoms with Crippen LogP contribution in [0.4, 0.5) is 0 Å². The smallest absolute Gasteiger partial charge is 0.303 e. The monoisotopic (exact) mass is 210 g/mol. The van der Waals surface area contributed by atoms with Gasteiger partial charge >= 0.3 is 5.97 Å². The van der Waals surface area contributed by atoms with Crippen LogP contribution in [-0.4, -0.2) is 11.1 Å². The summed E-state index contributed by atoms with van der Waals surface area (Å²) in [5.74, 6) is 0.231. The molecule has 15 heavy (non-hydrogen) atoms. The zero-order chi connectivity index (χ0) is 10.9. The van der Waals surface area contributed by atoms with E-state index in [9.17, 15) is 4.79 Å². The Bertz CT molecular complexity index is 203. The Morgan fingerprint density at radius 3 is 2.47 bits per heavy atom. The first kappa shape index (κ1) is 12.3. The minimum Gasteiger partial charge on any atom is -0.481 e. The van der Waals surface area contributed by atoms with Crippen molar-refractivity contribution in [3.63, 3.8) is 0 Å². The number of allylic oxidation sites excluding steroid dienone is 2. The predicted octanol–water partition coefficient (Wildman–Crippen LogP) is 3.77. The molecule has 0 aromatic rings. The van der Waals surface area contributed by atoms with Crippen LogP contribution in [0.3, 0.4) is 0 Å². The molecule has 0 aliphatic heterocycles. The molecule has 1 saturated carbocycles. The molecular weight excluding hydrogens is 188 g/mol. The summed E-state index contributed by atoms with van der Waals surface area (Å²) in [7, 11) is 0. The van der Waals surface area contributed by atoms with Crippen LogP contribution < -0.4 is 0 Å². The lowest BCUT2D eigenvalue weighted by Gasteiger charge is -2.20. The van der Waals surface area contributed by atoms with E-state index in [0.717, 1.165) is 12.3 Å². The lowest BCUT2D eigenvalue weighted by molar-refractivity contribution is -0.136. The Kier molecular flexibility index (Phi) is 6.14. The fraction of sp³-hybridized carbons (Fsp3) is 0.769. The zero-order valence-corrected chi connectivity index (χ0v) is 9.45. The summed E-state index contributed by atoms with van der Waals surface area (Å²) in [5, 5.41) is 8.44. The molecule has 0 aromatic heterocycles. The number of carboxylic acids is 1. The summed E-state index contributed by atoms with van der Waals surface area (Å²) in [4.78, 5) is 10.2. The van der Waals surface area contributed by atoms with Crippen molar-refractivity contribution in [2.45, 2.75) is 57.8 Å². The molecule has 1 fully saturated rings. The lowest BCUT2D eigenvalue weighted by Crippen LogP contribution is -2.05. The molecular formula is C13H22O2. The van der Waals surface area contributed by atoms with Gasteiger partial charge in [-0.1, -0.05) is 44.3 Å². The number of aliphatic carboxylic acids is 1. The third kappa shape index (κ3) is 6.32. The quantitative estimate of drug-likeness (QED) is 0.678. The van der Waals surface area contributed by atoms with E-state index in [0.29, 0.717) is 6.42 Å². The third-order valence-corrected chi connectivity index (χ3v) is 3.16. The second-order valence-electron chi connectivity index (χ2n) is 4.49. The topological polar surface area (TPSA) is 37.3 Å². The number of rotatable bonds is 6. The molecule has 86 valence electrons. The van der Waals surface area contributed by atoms with Gasteiger partial charge in [-0.2, -0.15) is 0 Å². The van der Waals surface area contributed by atoms with E-state index in [2.05, 4.69) is 6.08 Å². The van der Waals surface area contributed by atoms with Crippen molar-refractivity contribution in [3.05, 3.63) is 12.2 Å². The van der Waals surface area contributed by atoms with Gasteiger partial charge in [0.2, 0.25) is 0 Å². The molecule has 0 amide bonds. The van der Waals surface area contributed by atoms with E-state index in [4.69, 9.17) is 5.11 Å². The van der Waals surface area contributed by atoms with Crippen LogP contribution in [0.2, 0.25) is 0 Å². The summed E-state index contributed by atoms with van der Waals surface area (Å²) in [6, 6.07) is 0. The Labute approximate surface area is 92.4 Å². The lowest BCUT2D eigenvalue weighted by atomic mass is 9.86. The number of carbonyl (C=O) groups is 1. The molecule has 0 saturated heterocycles. The molecule has 0 aromatic carbocycles. The van der Waals surface area contributed by atoms with Gasteiger partial charge in [-0.05, 0) is 25.2 Å². The van der Waals surface area contributed by atoms with Gasteiger partial charge in [0.15, 0.2) is 0 Å². The number of hydrogen-bond donors (Lipinski definition) is 1. The van der Waals surface area contributed by atoms with Crippen LogP contribution in [0.25, 0.3) is 0 Å². The highest BCUT2D eigenvalue weighted by Gasteiger charge is 2.11. The van der Waals surface area contributed by atoms with Crippen molar-refractivity contribution >= 4 is 5.97 Å². The van der Waals surface area contributed by atoms with Gasteiger partial charge in [-0.15, -0.1) is 0 Å². The molecule has 1 aliphatic carbocycles. The number of carboxylic acid groups (broad SMARTS) is 1. The number of hydrogen-bond acceptors (Lipinski definition) is 1. The molecule has 0 spiro atoms. The van der Waals surface area contributed by atoms with Crippen molar-refractivity contribution in [3.8, 4) is 0 Å². The van der Waals surface area contributed by atoms with E-state index >= 15 is 0 Å². The molecule has 2 heteroatoms. The van der Waals surface area contributed by atoms with Crippen LogP contribution in [0.1, 0.15) is 57.8 Å². The first-order chi connectivity index (χ1) is 7.29. The minimum atomic E-state index is -0.702. The normalized spacial score (nSPS) is 18.4. The van der Waals surface area contributed by atoms with Crippen LogP contribution in [-0.2, 0) is 4.79 Å². The maximum atomic E-state index is 10.2. The molecule has 0 radical (unpaired) electrons. The average Bonchev–Trinajstić information content (AvgIpc) is 2.24. The van der Waals surface area contributed by atoms with Crippen molar-refractivity contribution < 1.29 is 9.90 Å². The largest absolute Gasteiger partial charge is 0.481 e. The van der Waals surface area contributed by atoms with E-state index in [1.165, 1.54) is 38.5 Å². The molecule has 1 N–H and O–H groups in total. The molecule has 1 aliphatic rings. The van der Waals surface area contributed by atoms with Gasteiger partial charge in [0.1, 0.15) is 0 Å². The zero-order valence-electron chi connectivity index (χ0n) is 9.45. The van der Waals surface area contributed by atoms with E-state index in [-0.39, 0.29) is 6.42 Å². The van der Waals surface area contributed by atoms with E-state index in [1.54, 1.807) is 0 Å². The maximum Gasteiger partial charge on any atom is 0.303 e. The van der Waals surface area contributed by atoms with Gasteiger partial charge in [0.25, 0.3) is 0 Å². The van der Waals surface area contributed by atoms with Crippen LogP contribution in [0.5, 0.6) is 0 Å². The third-order valence-electron chi connectivity index (χ3n) is 3.16. The van der Waals surface area contributed by atoms with E-state index < -0.39 is 5.97 Å². The van der Waals surface area contributed by atoms with Crippen molar-refractivity contribution in [2.75, 3.05) is 0 Å². The van der Waals surface area contributed by atoms with Crippen LogP contribution in [0.15, 0.2) is 12.2 Å². The second-order valence-corrected chi connectivity index (χ2v) is 4.49. The highest BCUT2D eigenvalue weighted by Crippen LogP contribution is 2.27. The van der Waals surface area contributed by atoms with Crippen molar-refractivity contribution in [1.82, 2.24) is 0 Å². The van der Waals surface area contributed by atoms with Crippen molar-refractivity contribution in [2.24, 2.45) is 5.92 Å². The fourth-order valence-electron chi connectivity index (χ4n) is 2.25. The van der Waals surface area contributed by atoms with Crippen LogP contribution in [0, 0.1) is 5.92 Å². The summed E-state index contributed by atoms with van der Waals surface area (Å²) >= 11 is 0. The Morgan fingerprint density at radius 1 is 1.13 bits per heavy atom. The van der Waals surface area contributed by atoms with Gasteiger partial charge < -0.3 is 5.11 Å². The predicted molar refractivity (Wildman–Crippen MR) is 61.8 cm³/mol. The maximum absolute atomic E-state index is 10.2. The highest BCUT2D eigenvalue weighted by molar-refractivity contribution is 5.66. The Hall–Kier alpha value is -0.790. The highest BCUT2D eigenvalue weighted by atomic mass is 16.4. The van der Waals surface area contributed by atoms with Gasteiger partial charge in [-0.3, -0.25) is 4.79 Å². The van der Waals surface area contributed by atoms with Gasteiger partial charge in [0, 0.05) is 6.42 Å². The Balaban J connectivity index is 1.97. The standard InChI is InChI=1S/C13H22O2/c14-13(15)11-7-2-1-4-8-12-9-5-3-6-10-12/h1-2,12H,3-11H2,(H,14,15)/b2-1-. The fourth-order valence-corrected chi connectivity index (χ4v) is 2.25. The summed E-state index contributed by atoms with van der Waals surface area (Å²) < 4.78 is 0. The second kappa shape index (κ2) is 7.49. The summed E-state index contributed by atoms with van der Waals surface area (Å²) in [6.45, 7) is 0. The minimum absolute atomic E-state index is 0.264. The first-order valence-electron chi connectivity index (χ1n) is 6.16. The van der Waals surface area contributed by atoms with Gasteiger partial charge in [-0.25, -0.2) is 0 Å². The molecule has 0 unspecified atom stereocenters. The summed E-state index contributed by atoms with van der Waals surface area (Å²) in [5.41, 5.74) is 0. The molecule has 0 atom stereocenters. The molecule has 0 heterocycles. The van der Waals surface area contributed by atoms with Gasteiger partial charge in [0.05, 0.1) is 0 Å². The summed E-state index contributed by atoms with van der Waals surface area (Å²) in [6.07, 6.45) is 14.6. The average molecular weight is 210 g/mol. The SMILES string of the molecule is O=C(O)CC/C=C\CCC1CCCCC1. The van der Waals surface area contributed by atoms with E-state index in [1.807, 2.05) is 6.08 Å². The Morgan fingerprint density at radius 2 is 1.80 bits per heavy atom. The van der Waals surface area contributed by atoms with Crippen LogP contribution >= 0.6 is 0 Å².